The highest BCUT2D eigenvalue weighted by molar-refractivity contribution is 6.03. The van der Waals surface area contributed by atoms with Gasteiger partial charge >= 0.3 is 5.97 Å². The zero-order valence-corrected chi connectivity index (χ0v) is 26.3. The van der Waals surface area contributed by atoms with Gasteiger partial charge in [-0.3, -0.25) is 14.6 Å². The van der Waals surface area contributed by atoms with E-state index < -0.39 is 11.8 Å². The second-order valence-electron chi connectivity index (χ2n) is 12.1. The summed E-state index contributed by atoms with van der Waals surface area (Å²) in [5.74, 6) is -0.222. The molecular formula is C37H41N3O5. The quantitative estimate of drug-likeness (QED) is 0.210. The number of nitrogens with zero attached hydrogens (tertiary/aromatic N) is 3. The molecule has 8 heteroatoms. The van der Waals surface area contributed by atoms with E-state index in [4.69, 9.17) is 19.2 Å². The number of hydrogen-bond donors (Lipinski definition) is 0. The fourth-order valence-electron chi connectivity index (χ4n) is 7.40. The number of aliphatic imine (C=N–C) groups is 1. The molecule has 45 heavy (non-hydrogen) atoms. The summed E-state index contributed by atoms with van der Waals surface area (Å²) in [6, 6.07) is 27.4. The topological polar surface area (TPSA) is 80.7 Å². The maximum Gasteiger partial charge on any atom is 0.315 e. The third kappa shape index (κ3) is 5.99. The molecule has 2 atom stereocenters. The highest BCUT2D eigenvalue weighted by Crippen LogP contribution is 2.45. The zero-order chi connectivity index (χ0) is 31.4. The van der Waals surface area contributed by atoms with E-state index >= 15 is 0 Å². The summed E-state index contributed by atoms with van der Waals surface area (Å²) < 4.78 is 16.4. The maximum atomic E-state index is 13.1. The van der Waals surface area contributed by atoms with Crippen molar-refractivity contribution in [2.24, 2.45) is 10.9 Å². The smallest absolute Gasteiger partial charge is 0.315 e. The average molecular weight is 608 g/mol. The first-order valence-electron chi connectivity index (χ1n) is 15.7. The molecule has 1 amide bonds. The monoisotopic (exact) mass is 607 g/mol. The van der Waals surface area contributed by atoms with E-state index in [-0.39, 0.29) is 18.2 Å². The van der Waals surface area contributed by atoms with Crippen LogP contribution in [0.3, 0.4) is 0 Å². The van der Waals surface area contributed by atoms with Crippen LogP contribution in [0.15, 0.2) is 95.2 Å². The van der Waals surface area contributed by atoms with Crippen molar-refractivity contribution in [3.8, 4) is 11.5 Å². The van der Waals surface area contributed by atoms with Crippen molar-refractivity contribution in [2.75, 3.05) is 40.1 Å². The van der Waals surface area contributed by atoms with Crippen LogP contribution in [0.5, 0.6) is 11.5 Å². The Labute approximate surface area is 265 Å². The number of likely N-dealkylation sites (tertiary alicyclic amines) is 1. The summed E-state index contributed by atoms with van der Waals surface area (Å²) in [5.41, 5.74) is 5.67. The van der Waals surface area contributed by atoms with Gasteiger partial charge in [-0.05, 0) is 81.6 Å². The molecule has 0 aliphatic carbocycles. The van der Waals surface area contributed by atoms with Gasteiger partial charge in [-0.2, -0.15) is 0 Å². The first-order chi connectivity index (χ1) is 21.9. The van der Waals surface area contributed by atoms with Crippen LogP contribution in [0.4, 0.5) is 0 Å². The second kappa shape index (κ2) is 13.3. The SMILES string of the molecule is COC(=O)C1C(C)=NC(C)=C(N(C=O)CCCN2CCC(c3ccccc3)(c3ccccc3)CC2)C1c1ccc2c(c1)OCO2. The molecule has 0 bridgehead atoms. The molecule has 1 saturated heterocycles. The Morgan fingerprint density at radius 3 is 2.24 bits per heavy atom. The van der Waals surface area contributed by atoms with Gasteiger partial charge in [-0.15, -0.1) is 0 Å². The fraction of sp³-hybridized carbons (Fsp3) is 0.378. The summed E-state index contributed by atoms with van der Waals surface area (Å²) in [4.78, 5) is 34.8. The van der Waals surface area contributed by atoms with Gasteiger partial charge in [0, 0.05) is 23.6 Å². The Balaban J connectivity index is 1.18. The zero-order valence-electron chi connectivity index (χ0n) is 26.3. The number of ether oxygens (including phenoxy) is 3. The van der Waals surface area contributed by atoms with E-state index in [0.29, 0.717) is 23.8 Å². The summed E-state index contributed by atoms with van der Waals surface area (Å²) >= 11 is 0. The van der Waals surface area contributed by atoms with E-state index in [2.05, 4.69) is 65.6 Å². The highest BCUT2D eigenvalue weighted by Gasteiger charge is 2.42. The minimum absolute atomic E-state index is 0.00548. The molecule has 6 rings (SSSR count). The van der Waals surface area contributed by atoms with Gasteiger partial charge in [-0.1, -0.05) is 66.7 Å². The largest absolute Gasteiger partial charge is 0.468 e. The van der Waals surface area contributed by atoms with Gasteiger partial charge in [0.1, 0.15) is 5.92 Å². The molecule has 0 aromatic heterocycles. The average Bonchev–Trinajstić information content (AvgIpc) is 3.56. The van der Waals surface area contributed by atoms with Crippen molar-refractivity contribution < 1.29 is 23.8 Å². The third-order valence-corrected chi connectivity index (χ3v) is 9.68. The van der Waals surface area contributed by atoms with Crippen molar-refractivity contribution in [3.63, 3.8) is 0 Å². The number of hydrogen-bond acceptors (Lipinski definition) is 7. The first-order valence-corrected chi connectivity index (χ1v) is 15.7. The van der Waals surface area contributed by atoms with Crippen molar-refractivity contribution in [1.82, 2.24) is 9.80 Å². The number of rotatable bonds is 10. The molecule has 1 fully saturated rings. The van der Waals surface area contributed by atoms with Crippen LogP contribution < -0.4 is 9.47 Å². The number of allylic oxidation sites excluding steroid dienone is 2. The number of carbonyl (C=O) groups is 2. The van der Waals surface area contributed by atoms with Gasteiger partial charge in [0.2, 0.25) is 13.2 Å². The summed E-state index contributed by atoms with van der Waals surface area (Å²) in [7, 11) is 1.39. The van der Waals surface area contributed by atoms with Gasteiger partial charge < -0.3 is 24.0 Å². The Bertz CT molecular complexity index is 1540. The van der Waals surface area contributed by atoms with Crippen molar-refractivity contribution >= 4 is 18.1 Å². The van der Waals surface area contributed by atoms with Gasteiger partial charge in [0.15, 0.2) is 11.5 Å². The lowest BCUT2D eigenvalue weighted by molar-refractivity contribution is -0.143. The number of benzene rings is 3. The van der Waals surface area contributed by atoms with E-state index in [1.165, 1.54) is 18.2 Å². The predicted molar refractivity (Wildman–Crippen MR) is 173 cm³/mol. The molecule has 3 heterocycles. The van der Waals surface area contributed by atoms with Crippen LogP contribution in [-0.2, 0) is 19.7 Å². The Morgan fingerprint density at radius 1 is 0.978 bits per heavy atom. The van der Waals surface area contributed by atoms with E-state index in [1.54, 1.807) is 4.90 Å². The molecule has 234 valence electrons. The predicted octanol–water partition coefficient (Wildman–Crippen LogP) is 5.92. The summed E-state index contributed by atoms with van der Waals surface area (Å²) in [6.07, 6.45) is 3.72. The normalized spacial score (nSPS) is 20.8. The number of methoxy groups -OCH3 is 1. The minimum atomic E-state index is -0.664. The maximum absolute atomic E-state index is 13.1. The van der Waals surface area contributed by atoms with E-state index in [1.807, 2.05) is 32.0 Å². The van der Waals surface area contributed by atoms with Gasteiger partial charge in [-0.25, -0.2) is 0 Å². The molecule has 0 spiro atoms. The summed E-state index contributed by atoms with van der Waals surface area (Å²) in [6.45, 7) is 7.22. The fourth-order valence-corrected chi connectivity index (χ4v) is 7.40. The first kappa shape index (κ1) is 30.6. The molecule has 3 aliphatic rings. The lowest BCUT2D eigenvalue weighted by Crippen LogP contribution is -2.44. The molecule has 8 nitrogen and oxygen atoms in total. The van der Waals surface area contributed by atoms with Gasteiger partial charge in [0.25, 0.3) is 0 Å². The molecule has 3 aliphatic heterocycles. The van der Waals surface area contributed by atoms with E-state index in [9.17, 15) is 9.59 Å². The van der Waals surface area contributed by atoms with Crippen LogP contribution in [0, 0.1) is 5.92 Å². The number of carbonyl (C=O) groups excluding carboxylic acids is 2. The standard InChI is InChI=1S/C37H41N3O5/c1-26-33(36(42)43-3)34(28-15-16-31-32(23-28)45-25-44-31)35(27(2)38-26)40(24-41)20-10-19-39-21-17-37(18-22-39,29-11-6-4-7-12-29)30-13-8-5-9-14-30/h4-9,11-16,23-24,33-34H,10,17-22,25H2,1-3H3. The molecule has 3 aromatic carbocycles. The van der Waals surface area contributed by atoms with Crippen molar-refractivity contribution in [3.05, 3.63) is 107 Å². The molecular weight excluding hydrogens is 566 g/mol. The highest BCUT2D eigenvalue weighted by atomic mass is 16.7. The lowest BCUT2D eigenvalue weighted by Gasteiger charge is -2.43. The van der Waals surface area contributed by atoms with Crippen molar-refractivity contribution in [1.29, 1.82) is 0 Å². The summed E-state index contributed by atoms with van der Waals surface area (Å²) in [5, 5.41) is 0. The lowest BCUT2D eigenvalue weighted by atomic mass is 9.68. The number of piperidine rings is 1. The van der Waals surface area contributed by atoms with Crippen molar-refractivity contribution in [2.45, 2.75) is 44.4 Å². The van der Waals surface area contributed by atoms with Gasteiger partial charge in [0.05, 0.1) is 18.5 Å². The minimum Gasteiger partial charge on any atom is -0.468 e. The van der Waals surface area contributed by atoms with Crippen LogP contribution in [0.2, 0.25) is 0 Å². The number of esters is 1. The molecule has 0 saturated carbocycles. The van der Waals surface area contributed by atoms with Crippen LogP contribution in [0.25, 0.3) is 0 Å². The third-order valence-electron chi connectivity index (χ3n) is 9.68. The molecule has 0 radical (unpaired) electrons. The Kier molecular flexibility index (Phi) is 9.03. The number of fused-ring (bicyclic) bond motifs is 1. The Morgan fingerprint density at radius 2 is 1.62 bits per heavy atom. The molecule has 3 aromatic rings. The van der Waals surface area contributed by atoms with Crippen LogP contribution >= 0.6 is 0 Å². The Hall–Kier alpha value is -4.43. The van der Waals surface area contributed by atoms with Crippen LogP contribution in [-0.4, -0.2) is 68.0 Å². The van der Waals surface area contributed by atoms with E-state index in [0.717, 1.165) is 62.3 Å². The van der Waals surface area contributed by atoms with Crippen LogP contribution in [0.1, 0.15) is 55.7 Å². The second-order valence-corrected chi connectivity index (χ2v) is 12.1. The number of amides is 1. The molecule has 0 N–H and O–H groups in total. The molecule has 2 unspecified atom stereocenters.